The van der Waals surface area contributed by atoms with Crippen molar-refractivity contribution in [2.24, 2.45) is 17.3 Å². The Bertz CT molecular complexity index is 584. The molecule has 4 nitrogen and oxygen atoms in total. The number of ether oxygens (including phenoxy) is 1. The first-order valence-corrected chi connectivity index (χ1v) is 7.54. The number of allylic oxidation sites excluding steroid dienone is 4. The minimum Gasteiger partial charge on any atom is -0.392 e. The van der Waals surface area contributed by atoms with E-state index in [9.17, 15) is 10.4 Å². The fraction of sp³-hybridized carbons (Fsp3) is 0.588. The van der Waals surface area contributed by atoms with Crippen LogP contribution < -0.4 is 5.32 Å². The van der Waals surface area contributed by atoms with Crippen molar-refractivity contribution in [3.05, 3.63) is 35.1 Å². The summed E-state index contributed by atoms with van der Waals surface area (Å²) in [6.07, 6.45) is 6.90. The highest BCUT2D eigenvalue weighted by atomic mass is 16.5. The van der Waals surface area contributed by atoms with E-state index in [4.69, 9.17) is 4.74 Å². The number of fused-ring (bicyclic) bond motifs is 3. The molecule has 1 fully saturated rings. The maximum atomic E-state index is 10.6. The molecule has 0 aromatic rings. The summed E-state index contributed by atoms with van der Waals surface area (Å²) in [6, 6.07) is 2.56. The molecule has 0 amide bonds. The Hall–Kier alpha value is -1.57. The second-order valence-corrected chi connectivity index (χ2v) is 6.30. The zero-order valence-corrected chi connectivity index (χ0v) is 12.8. The maximum absolute atomic E-state index is 10.6. The van der Waals surface area contributed by atoms with Gasteiger partial charge in [-0.05, 0) is 42.9 Å². The van der Waals surface area contributed by atoms with Crippen LogP contribution in [0.5, 0.6) is 0 Å². The highest BCUT2D eigenvalue weighted by molar-refractivity contribution is 5.53. The van der Waals surface area contributed by atoms with Crippen molar-refractivity contribution in [2.75, 3.05) is 7.11 Å². The molecule has 21 heavy (non-hydrogen) atoms. The van der Waals surface area contributed by atoms with E-state index in [1.807, 2.05) is 32.1 Å². The van der Waals surface area contributed by atoms with Gasteiger partial charge in [0.15, 0.2) is 0 Å². The Morgan fingerprint density at radius 3 is 2.95 bits per heavy atom. The van der Waals surface area contributed by atoms with Crippen LogP contribution in [0.25, 0.3) is 0 Å². The SMILES string of the molecule is C/C=C1\[C@@H]2CC3=C(C=CC(OC)N3)[C@@]1(C#N)CC(C)C2O. The standard InChI is InChI=1S/C17H22N2O2/c1-4-12-11-7-14-13(5-6-15(19-14)21-3)17(12,9-18)8-10(2)16(11)20/h4-6,10-11,15-16,19-20H,7-8H2,1-3H3/b12-4+/t10?,11-,15?,16?,17+/m0/s1. The Kier molecular flexibility index (Phi) is 3.43. The Labute approximate surface area is 125 Å². The lowest BCUT2D eigenvalue weighted by Crippen LogP contribution is -2.50. The van der Waals surface area contributed by atoms with Crippen LogP contribution >= 0.6 is 0 Å². The number of hydrogen-bond donors (Lipinski definition) is 2. The van der Waals surface area contributed by atoms with Crippen molar-refractivity contribution in [2.45, 2.75) is 39.0 Å². The highest BCUT2D eigenvalue weighted by Gasteiger charge is 2.53. The van der Waals surface area contributed by atoms with Crippen LogP contribution in [0, 0.1) is 28.6 Å². The van der Waals surface area contributed by atoms with E-state index >= 15 is 0 Å². The van der Waals surface area contributed by atoms with Crippen LogP contribution in [0.2, 0.25) is 0 Å². The molecule has 1 saturated carbocycles. The van der Waals surface area contributed by atoms with Crippen molar-refractivity contribution < 1.29 is 9.84 Å². The highest BCUT2D eigenvalue weighted by Crippen LogP contribution is 2.57. The summed E-state index contributed by atoms with van der Waals surface area (Å²) >= 11 is 0. The van der Waals surface area contributed by atoms with Crippen molar-refractivity contribution in [3.63, 3.8) is 0 Å². The number of nitrogens with one attached hydrogen (secondary N) is 1. The minimum absolute atomic E-state index is 0.0219. The second kappa shape index (κ2) is 5.01. The van der Waals surface area contributed by atoms with Crippen molar-refractivity contribution in [1.82, 2.24) is 5.32 Å². The molecule has 2 N–H and O–H groups in total. The van der Waals surface area contributed by atoms with Gasteiger partial charge in [-0.25, -0.2) is 0 Å². The van der Waals surface area contributed by atoms with Gasteiger partial charge in [0.1, 0.15) is 11.6 Å². The lowest BCUT2D eigenvalue weighted by Gasteiger charge is -2.51. The minimum atomic E-state index is -0.603. The van der Waals surface area contributed by atoms with Gasteiger partial charge < -0.3 is 15.2 Å². The molecule has 0 saturated heterocycles. The molecule has 1 heterocycles. The topological polar surface area (TPSA) is 65.3 Å². The smallest absolute Gasteiger partial charge is 0.146 e. The number of hydrogen-bond acceptors (Lipinski definition) is 4. The summed E-state index contributed by atoms with van der Waals surface area (Å²) in [5, 5.41) is 23.9. The van der Waals surface area contributed by atoms with E-state index < -0.39 is 5.41 Å². The second-order valence-electron chi connectivity index (χ2n) is 6.30. The number of rotatable bonds is 1. The largest absolute Gasteiger partial charge is 0.392 e. The molecule has 2 aliphatic carbocycles. The van der Waals surface area contributed by atoms with Crippen LogP contribution in [-0.2, 0) is 4.74 Å². The molecule has 3 unspecified atom stereocenters. The van der Waals surface area contributed by atoms with Gasteiger partial charge in [0, 0.05) is 18.7 Å². The van der Waals surface area contributed by atoms with Gasteiger partial charge in [-0.15, -0.1) is 0 Å². The summed E-state index contributed by atoms with van der Waals surface area (Å²) in [6.45, 7) is 4.01. The van der Waals surface area contributed by atoms with Crippen LogP contribution in [0.3, 0.4) is 0 Å². The number of dihydropyridines is 1. The van der Waals surface area contributed by atoms with E-state index in [0.717, 1.165) is 23.3 Å². The average molecular weight is 286 g/mol. The Morgan fingerprint density at radius 1 is 1.57 bits per heavy atom. The first-order valence-electron chi connectivity index (χ1n) is 7.54. The molecule has 0 radical (unpaired) electrons. The molecule has 3 aliphatic rings. The van der Waals surface area contributed by atoms with Gasteiger partial charge in [0.2, 0.25) is 0 Å². The zero-order chi connectivity index (χ0) is 15.2. The molecule has 1 aliphatic heterocycles. The van der Waals surface area contributed by atoms with Gasteiger partial charge in [-0.1, -0.05) is 19.1 Å². The van der Waals surface area contributed by atoms with Crippen molar-refractivity contribution in [1.29, 1.82) is 5.26 Å². The first kappa shape index (κ1) is 14.4. The van der Waals surface area contributed by atoms with Gasteiger partial charge >= 0.3 is 0 Å². The Balaban J connectivity index is 2.15. The molecule has 0 spiro atoms. The third-order valence-electron chi connectivity index (χ3n) is 5.23. The lowest BCUT2D eigenvalue weighted by atomic mass is 9.54. The van der Waals surface area contributed by atoms with Gasteiger partial charge in [0.05, 0.1) is 12.2 Å². The van der Waals surface area contributed by atoms with Crippen LogP contribution in [-0.4, -0.2) is 24.5 Å². The fourth-order valence-corrected chi connectivity index (χ4v) is 4.25. The van der Waals surface area contributed by atoms with E-state index in [1.54, 1.807) is 7.11 Å². The number of aliphatic hydroxyl groups is 1. The number of methoxy groups -OCH3 is 1. The first-order chi connectivity index (χ1) is 10.1. The quantitative estimate of drug-likeness (QED) is 0.726. The molecular formula is C17H22N2O2. The molecule has 0 aromatic heterocycles. The number of nitrogens with zero attached hydrogens (tertiary/aromatic N) is 1. The normalized spacial score (nSPS) is 43.3. The van der Waals surface area contributed by atoms with Gasteiger partial charge in [-0.2, -0.15) is 5.26 Å². The number of nitriles is 1. The average Bonchev–Trinajstić information content (AvgIpc) is 2.51. The summed E-state index contributed by atoms with van der Waals surface area (Å²) in [7, 11) is 1.66. The number of aliphatic hydroxyl groups excluding tert-OH is 1. The van der Waals surface area contributed by atoms with Crippen LogP contribution in [0.15, 0.2) is 35.1 Å². The third-order valence-corrected chi connectivity index (χ3v) is 5.23. The molecule has 2 bridgehead atoms. The maximum Gasteiger partial charge on any atom is 0.146 e. The predicted molar refractivity (Wildman–Crippen MR) is 79.8 cm³/mol. The summed E-state index contributed by atoms with van der Waals surface area (Å²) in [4.78, 5) is 0. The zero-order valence-electron chi connectivity index (χ0n) is 12.8. The van der Waals surface area contributed by atoms with E-state index in [-0.39, 0.29) is 24.2 Å². The fourth-order valence-electron chi connectivity index (χ4n) is 4.25. The van der Waals surface area contributed by atoms with Gasteiger partial charge in [0.25, 0.3) is 0 Å². The van der Waals surface area contributed by atoms with Crippen LogP contribution in [0.1, 0.15) is 26.7 Å². The summed E-state index contributed by atoms with van der Waals surface area (Å²) < 4.78 is 5.34. The summed E-state index contributed by atoms with van der Waals surface area (Å²) in [5.41, 5.74) is 2.58. The van der Waals surface area contributed by atoms with Crippen LogP contribution in [0.4, 0.5) is 0 Å². The van der Waals surface area contributed by atoms with E-state index in [2.05, 4.69) is 11.4 Å². The lowest BCUT2D eigenvalue weighted by molar-refractivity contribution is 0.0206. The van der Waals surface area contributed by atoms with E-state index in [0.29, 0.717) is 6.42 Å². The third kappa shape index (κ3) is 1.88. The van der Waals surface area contributed by atoms with Crippen molar-refractivity contribution in [3.8, 4) is 6.07 Å². The Morgan fingerprint density at radius 2 is 2.33 bits per heavy atom. The molecule has 112 valence electrons. The monoisotopic (exact) mass is 286 g/mol. The van der Waals surface area contributed by atoms with Crippen molar-refractivity contribution >= 4 is 0 Å². The molecule has 5 atom stereocenters. The van der Waals surface area contributed by atoms with E-state index in [1.165, 1.54) is 0 Å². The molecule has 3 rings (SSSR count). The molecular weight excluding hydrogens is 264 g/mol. The molecule has 0 aromatic carbocycles. The summed E-state index contributed by atoms with van der Waals surface area (Å²) in [5.74, 6) is 0.148. The predicted octanol–water partition coefficient (Wildman–Crippen LogP) is 2.25. The van der Waals surface area contributed by atoms with Gasteiger partial charge in [-0.3, -0.25) is 0 Å². The molecule has 4 heteroatoms.